The molecule has 1 atom stereocenters. The average molecular weight is 464 g/mol. The number of amides is 1. The highest BCUT2D eigenvalue weighted by Gasteiger charge is 2.24. The van der Waals surface area contributed by atoms with Gasteiger partial charge in [0.25, 0.3) is 5.91 Å². The van der Waals surface area contributed by atoms with Crippen LogP contribution in [0.3, 0.4) is 0 Å². The van der Waals surface area contributed by atoms with E-state index in [0.717, 1.165) is 49.3 Å². The van der Waals surface area contributed by atoms with E-state index in [-0.39, 0.29) is 5.91 Å². The van der Waals surface area contributed by atoms with Crippen molar-refractivity contribution in [1.29, 1.82) is 0 Å². The van der Waals surface area contributed by atoms with E-state index in [4.69, 9.17) is 11.6 Å². The monoisotopic (exact) mass is 463 g/mol. The topological polar surface area (TPSA) is 70.2 Å². The summed E-state index contributed by atoms with van der Waals surface area (Å²) >= 11 is 5.98. The van der Waals surface area contributed by atoms with Crippen molar-refractivity contribution in [3.05, 3.63) is 71.4 Å². The largest absolute Gasteiger partial charge is 0.339 e. The fourth-order valence-corrected chi connectivity index (χ4v) is 4.10. The third kappa shape index (κ3) is 6.09. The van der Waals surface area contributed by atoms with Crippen LogP contribution in [0.25, 0.3) is 11.3 Å². The van der Waals surface area contributed by atoms with Gasteiger partial charge in [-0.1, -0.05) is 30.7 Å². The molecule has 3 aromatic rings. The Balaban J connectivity index is 1.35. The first-order valence-corrected chi connectivity index (χ1v) is 11.9. The predicted octanol–water partition coefficient (Wildman–Crippen LogP) is 5.53. The smallest absolute Gasteiger partial charge is 0.253 e. The number of anilines is 2. The molecule has 1 aromatic heterocycles. The molecule has 2 aromatic carbocycles. The molecule has 0 radical (unpaired) electrons. The second-order valence-electron chi connectivity index (χ2n) is 8.52. The van der Waals surface area contributed by atoms with Gasteiger partial charge in [-0.2, -0.15) is 0 Å². The molecule has 7 heteroatoms. The van der Waals surface area contributed by atoms with Crippen LogP contribution in [0.1, 0.15) is 43.5 Å². The van der Waals surface area contributed by atoms with E-state index in [0.29, 0.717) is 28.6 Å². The number of halogens is 1. The minimum Gasteiger partial charge on any atom is -0.339 e. The maximum absolute atomic E-state index is 12.9. The fraction of sp³-hybridized carbons (Fsp3) is 0.346. The van der Waals surface area contributed by atoms with E-state index in [9.17, 15) is 4.79 Å². The third-order valence-corrected chi connectivity index (χ3v) is 6.35. The van der Waals surface area contributed by atoms with Crippen LogP contribution < -0.4 is 10.6 Å². The normalized spacial score (nSPS) is 15.3. The second-order valence-corrected chi connectivity index (χ2v) is 8.95. The Morgan fingerprint density at radius 1 is 1.09 bits per heavy atom. The zero-order valence-corrected chi connectivity index (χ0v) is 19.8. The van der Waals surface area contributed by atoms with E-state index in [2.05, 4.69) is 34.4 Å². The number of rotatable bonds is 7. The number of piperidine rings is 1. The van der Waals surface area contributed by atoms with Crippen molar-refractivity contribution < 1.29 is 4.79 Å². The number of carbonyl (C=O) groups excluding carboxylic acids is 1. The van der Waals surface area contributed by atoms with Gasteiger partial charge in [0.1, 0.15) is 0 Å². The van der Waals surface area contributed by atoms with Crippen LogP contribution >= 0.6 is 11.6 Å². The van der Waals surface area contributed by atoms with Crippen molar-refractivity contribution in [2.24, 2.45) is 0 Å². The molecular weight excluding hydrogens is 434 g/mol. The number of aromatic nitrogens is 2. The van der Waals surface area contributed by atoms with E-state index >= 15 is 0 Å². The molecule has 0 bridgehead atoms. The number of nitrogens with one attached hydrogen (secondary N) is 2. The maximum Gasteiger partial charge on any atom is 0.253 e. The number of hydrogen-bond acceptors (Lipinski definition) is 5. The Morgan fingerprint density at radius 3 is 2.45 bits per heavy atom. The van der Waals surface area contributed by atoms with Crippen LogP contribution in [-0.2, 0) is 0 Å². The molecule has 4 rings (SSSR count). The van der Waals surface area contributed by atoms with Gasteiger partial charge in [-0.25, -0.2) is 9.97 Å². The quantitative estimate of drug-likeness (QED) is 0.481. The van der Waals surface area contributed by atoms with E-state index in [1.54, 1.807) is 6.20 Å². The van der Waals surface area contributed by atoms with Crippen LogP contribution in [0.15, 0.2) is 60.8 Å². The number of nitrogens with zero attached hydrogens (tertiary/aromatic N) is 3. The molecule has 33 heavy (non-hydrogen) atoms. The van der Waals surface area contributed by atoms with Crippen LogP contribution in [-0.4, -0.2) is 45.9 Å². The molecule has 1 amide bonds. The SMILES string of the molecule is CCC(C)NC1CCN(C(=O)c2ccc(Nc3nccc(-c4ccc(Cl)cc4)n3)cc2)CC1. The van der Waals surface area contributed by atoms with Gasteiger partial charge in [0.15, 0.2) is 0 Å². The van der Waals surface area contributed by atoms with Crippen LogP contribution in [0.2, 0.25) is 5.02 Å². The first-order valence-electron chi connectivity index (χ1n) is 11.5. The standard InChI is InChI=1S/C26H30ClN5O/c1-3-18(2)29-23-13-16-32(17-14-23)25(33)20-6-10-22(11-7-20)30-26-28-15-12-24(31-26)19-4-8-21(27)9-5-19/h4-12,15,18,23,29H,3,13-14,16-17H2,1-2H3,(H,28,30,31). The molecule has 1 fully saturated rings. The van der Waals surface area contributed by atoms with Crippen molar-refractivity contribution >= 4 is 29.1 Å². The Kier molecular flexibility index (Phi) is 7.57. The summed E-state index contributed by atoms with van der Waals surface area (Å²) in [5, 5.41) is 7.56. The lowest BCUT2D eigenvalue weighted by molar-refractivity contribution is 0.0702. The Labute approximate surface area is 200 Å². The Morgan fingerprint density at radius 2 is 1.79 bits per heavy atom. The summed E-state index contributed by atoms with van der Waals surface area (Å²) in [6, 6.07) is 17.9. The Hall–Kier alpha value is -2.96. The molecule has 1 aliphatic heterocycles. The highest BCUT2D eigenvalue weighted by molar-refractivity contribution is 6.30. The number of carbonyl (C=O) groups is 1. The lowest BCUT2D eigenvalue weighted by Gasteiger charge is -2.34. The van der Waals surface area contributed by atoms with Gasteiger partial charge in [-0.05, 0) is 68.7 Å². The predicted molar refractivity (Wildman–Crippen MR) is 134 cm³/mol. The summed E-state index contributed by atoms with van der Waals surface area (Å²) in [5.74, 6) is 0.585. The molecule has 2 N–H and O–H groups in total. The summed E-state index contributed by atoms with van der Waals surface area (Å²) in [6.45, 7) is 5.99. The summed E-state index contributed by atoms with van der Waals surface area (Å²) in [7, 11) is 0. The summed E-state index contributed by atoms with van der Waals surface area (Å²) in [4.78, 5) is 23.8. The van der Waals surface area contributed by atoms with Crippen molar-refractivity contribution in [3.8, 4) is 11.3 Å². The van der Waals surface area contributed by atoms with Crippen molar-refractivity contribution in [1.82, 2.24) is 20.2 Å². The summed E-state index contributed by atoms with van der Waals surface area (Å²) < 4.78 is 0. The van der Waals surface area contributed by atoms with Crippen molar-refractivity contribution in [2.45, 2.75) is 45.2 Å². The number of likely N-dealkylation sites (tertiary alicyclic amines) is 1. The van der Waals surface area contributed by atoms with Gasteiger partial charge in [-0.3, -0.25) is 4.79 Å². The highest BCUT2D eigenvalue weighted by atomic mass is 35.5. The molecule has 1 unspecified atom stereocenters. The van der Waals surface area contributed by atoms with Crippen molar-refractivity contribution in [2.75, 3.05) is 18.4 Å². The van der Waals surface area contributed by atoms with Gasteiger partial charge in [0, 0.05) is 53.2 Å². The third-order valence-electron chi connectivity index (χ3n) is 6.10. The van der Waals surface area contributed by atoms with Gasteiger partial charge in [0.05, 0.1) is 5.69 Å². The molecule has 1 saturated heterocycles. The van der Waals surface area contributed by atoms with E-state index in [1.165, 1.54) is 0 Å². The first-order chi connectivity index (χ1) is 16.0. The lowest BCUT2D eigenvalue weighted by Crippen LogP contribution is -2.47. The minimum atomic E-state index is 0.0875. The zero-order valence-electron chi connectivity index (χ0n) is 19.1. The molecule has 0 aliphatic carbocycles. The van der Waals surface area contributed by atoms with Crippen LogP contribution in [0.4, 0.5) is 11.6 Å². The molecule has 1 aliphatic rings. The van der Waals surface area contributed by atoms with Gasteiger partial charge in [0.2, 0.25) is 5.95 Å². The molecule has 172 valence electrons. The first kappa shape index (κ1) is 23.2. The summed E-state index contributed by atoms with van der Waals surface area (Å²) in [5.41, 5.74) is 3.30. The van der Waals surface area contributed by atoms with Gasteiger partial charge >= 0.3 is 0 Å². The zero-order chi connectivity index (χ0) is 23.2. The van der Waals surface area contributed by atoms with Crippen molar-refractivity contribution in [3.63, 3.8) is 0 Å². The van der Waals surface area contributed by atoms with Crippen LogP contribution in [0.5, 0.6) is 0 Å². The van der Waals surface area contributed by atoms with Gasteiger partial charge < -0.3 is 15.5 Å². The second kappa shape index (κ2) is 10.8. The van der Waals surface area contributed by atoms with E-state index in [1.807, 2.05) is 59.5 Å². The molecule has 6 nitrogen and oxygen atoms in total. The minimum absolute atomic E-state index is 0.0875. The van der Waals surface area contributed by atoms with Crippen LogP contribution in [0, 0.1) is 0 Å². The molecular formula is C26H30ClN5O. The van der Waals surface area contributed by atoms with Gasteiger partial charge in [-0.15, -0.1) is 0 Å². The molecule has 0 saturated carbocycles. The van der Waals surface area contributed by atoms with E-state index < -0.39 is 0 Å². The average Bonchev–Trinajstić information content (AvgIpc) is 2.85. The molecule has 2 heterocycles. The molecule has 0 spiro atoms. The highest BCUT2D eigenvalue weighted by Crippen LogP contribution is 2.22. The summed E-state index contributed by atoms with van der Waals surface area (Å²) in [6.07, 6.45) is 4.83. The number of benzene rings is 2. The lowest BCUT2D eigenvalue weighted by atomic mass is 10.0. The Bertz CT molecular complexity index is 1060. The maximum atomic E-state index is 12.9. The fourth-order valence-electron chi connectivity index (χ4n) is 3.98. The number of hydrogen-bond donors (Lipinski definition) is 2.